The van der Waals surface area contributed by atoms with Crippen molar-refractivity contribution < 1.29 is 4.79 Å². The number of nitrogens with one attached hydrogen (secondary N) is 1. The van der Waals surface area contributed by atoms with Gasteiger partial charge in [-0.25, -0.2) is 0 Å². The van der Waals surface area contributed by atoms with E-state index in [4.69, 9.17) is 0 Å². The Morgan fingerprint density at radius 1 is 1.18 bits per heavy atom. The van der Waals surface area contributed by atoms with E-state index >= 15 is 0 Å². The molecular formula is C12H10Br2N2O. The summed E-state index contributed by atoms with van der Waals surface area (Å²) < 4.78 is 3.65. The van der Waals surface area contributed by atoms with Gasteiger partial charge in [-0.1, -0.05) is 15.9 Å². The minimum Gasteiger partial charge on any atom is -0.345 e. The van der Waals surface area contributed by atoms with E-state index < -0.39 is 0 Å². The van der Waals surface area contributed by atoms with Crippen molar-refractivity contribution in [3.63, 3.8) is 0 Å². The second kappa shape index (κ2) is 5.06. The van der Waals surface area contributed by atoms with Crippen LogP contribution in [0.15, 0.2) is 45.5 Å². The van der Waals surface area contributed by atoms with Crippen LogP contribution in [0.2, 0.25) is 0 Å². The molecule has 0 aliphatic carbocycles. The van der Waals surface area contributed by atoms with Crippen molar-refractivity contribution >= 4 is 43.5 Å². The van der Waals surface area contributed by atoms with Crippen molar-refractivity contribution in [3.8, 4) is 0 Å². The van der Waals surface area contributed by atoms with Gasteiger partial charge in [0.25, 0.3) is 5.91 Å². The van der Waals surface area contributed by atoms with E-state index in [1.165, 1.54) is 0 Å². The number of halogens is 2. The van der Waals surface area contributed by atoms with Gasteiger partial charge in [0.2, 0.25) is 0 Å². The van der Waals surface area contributed by atoms with Crippen LogP contribution in [0, 0.1) is 0 Å². The molecule has 1 amide bonds. The quantitative estimate of drug-likeness (QED) is 0.871. The molecule has 0 radical (unpaired) electrons. The minimum absolute atomic E-state index is 0.125. The first-order valence-corrected chi connectivity index (χ1v) is 6.53. The Kier molecular flexibility index (Phi) is 3.69. The Morgan fingerprint density at radius 2 is 1.82 bits per heavy atom. The number of amides is 1. The highest BCUT2D eigenvalue weighted by molar-refractivity contribution is 9.10. The van der Waals surface area contributed by atoms with Gasteiger partial charge in [-0.3, -0.25) is 4.79 Å². The molecule has 0 bridgehead atoms. The maximum Gasteiger partial charge on any atom is 0.272 e. The predicted octanol–water partition coefficient (Wildman–Crippen LogP) is 3.80. The molecule has 1 heterocycles. The van der Waals surface area contributed by atoms with Gasteiger partial charge in [0.05, 0.1) is 0 Å². The molecule has 0 aliphatic rings. The zero-order valence-corrected chi connectivity index (χ0v) is 12.2. The van der Waals surface area contributed by atoms with Gasteiger partial charge < -0.3 is 9.88 Å². The van der Waals surface area contributed by atoms with E-state index in [-0.39, 0.29) is 5.91 Å². The lowest BCUT2D eigenvalue weighted by atomic mass is 10.3. The normalized spacial score (nSPS) is 10.3. The number of benzene rings is 1. The van der Waals surface area contributed by atoms with Crippen LogP contribution in [0.1, 0.15) is 10.5 Å². The maximum absolute atomic E-state index is 12.0. The summed E-state index contributed by atoms with van der Waals surface area (Å²) >= 11 is 6.69. The van der Waals surface area contributed by atoms with E-state index in [1.807, 2.05) is 37.5 Å². The van der Waals surface area contributed by atoms with E-state index in [2.05, 4.69) is 37.2 Å². The van der Waals surface area contributed by atoms with Crippen molar-refractivity contribution in [2.75, 3.05) is 5.32 Å². The number of carbonyl (C=O) groups excluding carboxylic acids is 1. The Hall–Kier alpha value is -1.07. The van der Waals surface area contributed by atoms with Gasteiger partial charge in [-0.15, -0.1) is 0 Å². The summed E-state index contributed by atoms with van der Waals surface area (Å²) in [4.78, 5) is 12.0. The number of hydrogen-bond acceptors (Lipinski definition) is 1. The average Bonchev–Trinajstić information content (AvgIpc) is 2.61. The molecule has 0 unspecified atom stereocenters. The largest absolute Gasteiger partial charge is 0.345 e. The van der Waals surface area contributed by atoms with E-state index in [9.17, 15) is 4.79 Å². The van der Waals surface area contributed by atoms with Crippen LogP contribution in [0.4, 0.5) is 5.69 Å². The molecule has 0 spiro atoms. The number of hydrogen-bond donors (Lipinski definition) is 1. The number of rotatable bonds is 2. The van der Waals surface area contributed by atoms with Crippen LogP contribution < -0.4 is 5.32 Å². The smallest absolute Gasteiger partial charge is 0.272 e. The third kappa shape index (κ3) is 2.98. The Balaban J connectivity index is 2.17. The third-order valence-electron chi connectivity index (χ3n) is 2.31. The number of aryl methyl sites for hydroxylation is 1. The van der Waals surface area contributed by atoms with Crippen LogP contribution in [-0.4, -0.2) is 10.5 Å². The molecule has 0 aliphatic heterocycles. The average molecular weight is 358 g/mol. The SMILES string of the molecule is Cn1cc(Br)cc1C(=O)Nc1ccc(Br)cc1. The highest BCUT2D eigenvalue weighted by atomic mass is 79.9. The summed E-state index contributed by atoms with van der Waals surface area (Å²) in [5.41, 5.74) is 1.38. The fraction of sp³-hybridized carbons (Fsp3) is 0.0833. The Morgan fingerprint density at radius 3 is 2.35 bits per heavy atom. The van der Waals surface area contributed by atoms with E-state index in [0.717, 1.165) is 14.6 Å². The Bertz CT molecular complexity index is 546. The molecule has 0 fully saturated rings. The van der Waals surface area contributed by atoms with Crippen LogP contribution in [0.3, 0.4) is 0 Å². The topological polar surface area (TPSA) is 34.0 Å². The molecule has 88 valence electrons. The van der Waals surface area contributed by atoms with Crippen molar-refractivity contribution in [2.24, 2.45) is 7.05 Å². The summed E-state index contributed by atoms with van der Waals surface area (Å²) in [5, 5.41) is 2.84. The molecule has 3 nitrogen and oxygen atoms in total. The standard InChI is InChI=1S/C12H10Br2N2O/c1-16-7-9(14)6-11(16)12(17)15-10-4-2-8(13)3-5-10/h2-7H,1H3,(H,15,17). The van der Waals surface area contributed by atoms with Crippen LogP contribution in [0.5, 0.6) is 0 Å². The predicted molar refractivity (Wildman–Crippen MR) is 75.2 cm³/mol. The van der Waals surface area contributed by atoms with Gasteiger partial charge in [0, 0.05) is 27.9 Å². The zero-order chi connectivity index (χ0) is 12.4. The molecule has 2 aromatic rings. The van der Waals surface area contributed by atoms with Gasteiger partial charge >= 0.3 is 0 Å². The fourth-order valence-electron chi connectivity index (χ4n) is 1.48. The highest BCUT2D eigenvalue weighted by Crippen LogP contribution is 2.17. The molecule has 0 saturated carbocycles. The van der Waals surface area contributed by atoms with Crippen molar-refractivity contribution in [1.82, 2.24) is 4.57 Å². The van der Waals surface area contributed by atoms with E-state index in [0.29, 0.717) is 5.69 Å². The molecule has 0 saturated heterocycles. The van der Waals surface area contributed by atoms with Crippen molar-refractivity contribution in [3.05, 3.63) is 51.2 Å². The lowest BCUT2D eigenvalue weighted by Crippen LogP contribution is -2.15. The minimum atomic E-state index is -0.125. The monoisotopic (exact) mass is 356 g/mol. The number of nitrogens with zero attached hydrogens (tertiary/aromatic N) is 1. The molecule has 17 heavy (non-hydrogen) atoms. The summed E-state index contributed by atoms with van der Waals surface area (Å²) in [7, 11) is 1.83. The Labute approximate surface area is 116 Å². The molecule has 1 aromatic heterocycles. The lowest BCUT2D eigenvalue weighted by Gasteiger charge is -2.05. The third-order valence-corrected chi connectivity index (χ3v) is 3.27. The van der Waals surface area contributed by atoms with Crippen LogP contribution in [0.25, 0.3) is 0 Å². The second-order valence-electron chi connectivity index (χ2n) is 3.62. The first kappa shape index (κ1) is 12.4. The maximum atomic E-state index is 12.0. The summed E-state index contributed by atoms with van der Waals surface area (Å²) in [5.74, 6) is -0.125. The summed E-state index contributed by atoms with van der Waals surface area (Å²) in [6.45, 7) is 0. The fourth-order valence-corrected chi connectivity index (χ4v) is 2.27. The first-order chi connectivity index (χ1) is 8.06. The van der Waals surface area contributed by atoms with Gasteiger partial charge in [0.15, 0.2) is 0 Å². The second-order valence-corrected chi connectivity index (χ2v) is 5.45. The first-order valence-electron chi connectivity index (χ1n) is 4.95. The van der Waals surface area contributed by atoms with Crippen molar-refractivity contribution in [2.45, 2.75) is 0 Å². The van der Waals surface area contributed by atoms with Crippen LogP contribution in [-0.2, 0) is 7.05 Å². The molecule has 2 rings (SSSR count). The summed E-state index contributed by atoms with van der Waals surface area (Å²) in [6, 6.07) is 9.25. The highest BCUT2D eigenvalue weighted by Gasteiger charge is 2.10. The van der Waals surface area contributed by atoms with Gasteiger partial charge in [-0.05, 0) is 46.3 Å². The number of carbonyl (C=O) groups is 1. The molecule has 1 aromatic carbocycles. The van der Waals surface area contributed by atoms with Crippen molar-refractivity contribution in [1.29, 1.82) is 0 Å². The lowest BCUT2D eigenvalue weighted by molar-refractivity contribution is 0.101. The van der Waals surface area contributed by atoms with E-state index in [1.54, 1.807) is 10.6 Å². The van der Waals surface area contributed by atoms with Gasteiger partial charge in [0.1, 0.15) is 5.69 Å². The molecule has 1 N–H and O–H groups in total. The van der Waals surface area contributed by atoms with Gasteiger partial charge in [-0.2, -0.15) is 0 Å². The van der Waals surface area contributed by atoms with Crippen LogP contribution >= 0.6 is 31.9 Å². The molecule has 5 heteroatoms. The molecule has 0 atom stereocenters. The zero-order valence-electron chi connectivity index (χ0n) is 9.08. The number of aromatic nitrogens is 1. The number of anilines is 1. The summed E-state index contributed by atoms with van der Waals surface area (Å²) in [6.07, 6.45) is 1.84. The molecular weight excluding hydrogens is 348 g/mol.